The standard InChI is InChI=1S/C22H28N2O3/c1-15-7-8-16(2)19(12-15)23-22(25)14-24-11-5-6-20(24)18-13-17(26-3)9-10-21(18)27-4/h7-10,12-13,20H,5-6,11,14H2,1-4H3,(H,23,25)/p+1/t20-/m0/s1. The molecule has 2 N–H and O–H groups in total. The SMILES string of the molecule is COc1ccc(OC)c([C@@H]2CCC[NH+]2CC(=O)Nc2cc(C)ccc2C)c1. The van der Waals surface area contributed by atoms with E-state index in [9.17, 15) is 4.79 Å². The molecule has 0 saturated carbocycles. The molecule has 1 amide bonds. The van der Waals surface area contributed by atoms with E-state index in [0.717, 1.165) is 53.3 Å². The van der Waals surface area contributed by atoms with Crippen LogP contribution in [0.15, 0.2) is 36.4 Å². The van der Waals surface area contributed by atoms with E-state index >= 15 is 0 Å². The quantitative estimate of drug-likeness (QED) is 0.823. The second kappa shape index (κ2) is 8.44. The van der Waals surface area contributed by atoms with Crippen LogP contribution in [0, 0.1) is 13.8 Å². The van der Waals surface area contributed by atoms with E-state index < -0.39 is 0 Å². The van der Waals surface area contributed by atoms with Gasteiger partial charge < -0.3 is 19.7 Å². The van der Waals surface area contributed by atoms with Crippen LogP contribution in [-0.4, -0.2) is 33.2 Å². The Morgan fingerprint density at radius 1 is 1.15 bits per heavy atom. The van der Waals surface area contributed by atoms with E-state index in [1.165, 1.54) is 4.90 Å². The first kappa shape index (κ1) is 19.2. The number of hydrogen-bond acceptors (Lipinski definition) is 3. The number of likely N-dealkylation sites (tertiary alicyclic amines) is 1. The Balaban J connectivity index is 1.75. The molecule has 1 unspecified atom stereocenters. The van der Waals surface area contributed by atoms with Crippen molar-refractivity contribution in [3.63, 3.8) is 0 Å². The van der Waals surface area contributed by atoms with Gasteiger partial charge in [-0.15, -0.1) is 0 Å². The van der Waals surface area contributed by atoms with Crippen molar-refractivity contribution in [2.24, 2.45) is 0 Å². The Hall–Kier alpha value is -2.53. The number of methoxy groups -OCH3 is 2. The zero-order valence-corrected chi connectivity index (χ0v) is 16.6. The van der Waals surface area contributed by atoms with Gasteiger partial charge in [0.1, 0.15) is 17.5 Å². The van der Waals surface area contributed by atoms with Gasteiger partial charge in [0, 0.05) is 18.5 Å². The summed E-state index contributed by atoms with van der Waals surface area (Å²) < 4.78 is 11.0. The van der Waals surface area contributed by atoms with Crippen molar-refractivity contribution in [1.82, 2.24) is 0 Å². The molecule has 5 nitrogen and oxygen atoms in total. The van der Waals surface area contributed by atoms with E-state index in [-0.39, 0.29) is 11.9 Å². The summed E-state index contributed by atoms with van der Waals surface area (Å²) in [5, 5.41) is 3.09. The summed E-state index contributed by atoms with van der Waals surface area (Å²) in [7, 11) is 3.36. The van der Waals surface area contributed by atoms with Crippen LogP contribution in [0.3, 0.4) is 0 Å². The highest BCUT2D eigenvalue weighted by Gasteiger charge is 2.34. The van der Waals surface area contributed by atoms with E-state index in [0.29, 0.717) is 6.54 Å². The third-order valence-corrected chi connectivity index (χ3v) is 5.35. The molecular weight excluding hydrogens is 340 g/mol. The van der Waals surface area contributed by atoms with Gasteiger partial charge in [0.15, 0.2) is 6.54 Å². The molecule has 0 radical (unpaired) electrons. The van der Waals surface area contributed by atoms with E-state index in [4.69, 9.17) is 9.47 Å². The number of anilines is 1. The highest BCUT2D eigenvalue weighted by Crippen LogP contribution is 2.31. The van der Waals surface area contributed by atoms with Crippen LogP contribution >= 0.6 is 0 Å². The van der Waals surface area contributed by atoms with Gasteiger partial charge >= 0.3 is 0 Å². The maximum Gasteiger partial charge on any atom is 0.279 e. The molecule has 0 aromatic heterocycles. The van der Waals surface area contributed by atoms with Gasteiger partial charge in [0.25, 0.3) is 5.91 Å². The minimum Gasteiger partial charge on any atom is -0.497 e. The molecule has 0 spiro atoms. The maximum atomic E-state index is 12.7. The van der Waals surface area contributed by atoms with Gasteiger partial charge in [-0.05, 0) is 49.2 Å². The van der Waals surface area contributed by atoms with E-state index in [2.05, 4.69) is 11.4 Å². The van der Waals surface area contributed by atoms with Crippen molar-refractivity contribution >= 4 is 11.6 Å². The van der Waals surface area contributed by atoms with Gasteiger partial charge in [0.2, 0.25) is 0 Å². The lowest BCUT2D eigenvalue weighted by molar-refractivity contribution is -0.910. The third-order valence-electron chi connectivity index (χ3n) is 5.35. The number of hydrogen-bond donors (Lipinski definition) is 2. The monoisotopic (exact) mass is 369 g/mol. The fourth-order valence-corrected chi connectivity index (χ4v) is 3.88. The normalized spacial score (nSPS) is 19.0. The van der Waals surface area contributed by atoms with Gasteiger partial charge in [-0.3, -0.25) is 4.79 Å². The number of carbonyl (C=O) groups is 1. The molecule has 5 heteroatoms. The molecule has 1 fully saturated rings. The summed E-state index contributed by atoms with van der Waals surface area (Å²) in [4.78, 5) is 14.0. The van der Waals surface area contributed by atoms with Gasteiger partial charge in [-0.2, -0.15) is 0 Å². The first-order valence-electron chi connectivity index (χ1n) is 9.45. The van der Waals surface area contributed by atoms with Crippen molar-refractivity contribution in [2.75, 3.05) is 32.6 Å². The molecule has 2 atom stereocenters. The van der Waals surface area contributed by atoms with Crippen molar-refractivity contribution in [1.29, 1.82) is 0 Å². The van der Waals surface area contributed by atoms with Crippen LogP contribution < -0.4 is 19.7 Å². The number of nitrogens with one attached hydrogen (secondary N) is 2. The second-order valence-electron chi connectivity index (χ2n) is 7.25. The van der Waals surface area contributed by atoms with Crippen LogP contribution in [0.2, 0.25) is 0 Å². The van der Waals surface area contributed by atoms with Crippen LogP contribution in [0.25, 0.3) is 0 Å². The molecule has 1 aliphatic heterocycles. The molecule has 2 aromatic rings. The van der Waals surface area contributed by atoms with Gasteiger partial charge in [-0.25, -0.2) is 0 Å². The fourth-order valence-electron chi connectivity index (χ4n) is 3.88. The fraction of sp³-hybridized carbons (Fsp3) is 0.409. The summed E-state index contributed by atoms with van der Waals surface area (Å²) in [6, 6.07) is 12.2. The van der Waals surface area contributed by atoms with Crippen LogP contribution in [-0.2, 0) is 4.79 Å². The van der Waals surface area contributed by atoms with Crippen molar-refractivity contribution in [3.05, 3.63) is 53.1 Å². The number of ether oxygens (including phenoxy) is 2. The predicted molar refractivity (Wildman–Crippen MR) is 107 cm³/mol. The van der Waals surface area contributed by atoms with E-state index in [1.807, 2.05) is 44.2 Å². The first-order chi connectivity index (χ1) is 13.0. The Morgan fingerprint density at radius 2 is 1.96 bits per heavy atom. The summed E-state index contributed by atoms with van der Waals surface area (Å²) >= 11 is 0. The number of aryl methyl sites for hydroxylation is 2. The molecule has 0 aliphatic carbocycles. The summed E-state index contributed by atoms with van der Waals surface area (Å²) in [5.74, 6) is 1.72. The first-order valence-corrected chi connectivity index (χ1v) is 9.45. The minimum atomic E-state index is 0.0486. The largest absolute Gasteiger partial charge is 0.497 e. The topological polar surface area (TPSA) is 52.0 Å². The molecule has 27 heavy (non-hydrogen) atoms. The minimum absolute atomic E-state index is 0.0486. The Bertz CT molecular complexity index is 819. The Morgan fingerprint density at radius 3 is 2.70 bits per heavy atom. The number of benzene rings is 2. The van der Waals surface area contributed by atoms with E-state index in [1.54, 1.807) is 14.2 Å². The summed E-state index contributed by atoms with van der Waals surface area (Å²) in [6.07, 6.45) is 2.13. The van der Waals surface area contributed by atoms with Crippen LogP contribution in [0.1, 0.15) is 35.6 Å². The third kappa shape index (κ3) is 4.42. The molecule has 0 bridgehead atoms. The molecule has 1 aliphatic rings. The average Bonchev–Trinajstić information content (AvgIpc) is 3.11. The molecular formula is C22H29N2O3+. The Kier molecular flexibility index (Phi) is 6.01. The number of carbonyl (C=O) groups excluding carboxylic acids is 1. The molecule has 144 valence electrons. The lowest BCUT2D eigenvalue weighted by atomic mass is 10.0. The summed E-state index contributed by atoms with van der Waals surface area (Å²) in [5.41, 5.74) is 4.23. The highest BCUT2D eigenvalue weighted by atomic mass is 16.5. The van der Waals surface area contributed by atoms with Crippen LogP contribution in [0.5, 0.6) is 11.5 Å². The lowest BCUT2D eigenvalue weighted by Gasteiger charge is -2.23. The Labute approximate surface area is 161 Å². The average molecular weight is 369 g/mol. The van der Waals surface area contributed by atoms with Gasteiger partial charge in [0.05, 0.1) is 26.3 Å². The lowest BCUT2D eigenvalue weighted by Crippen LogP contribution is -3.11. The van der Waals surface area contributed by atoms with Gasteiger partial charge in [-0.1, -0.05) is 12.1 Å². The number of rotatable bonds is 6. The zero-order valence-electron chi connectivity index (χ0n) is 16.6. The maximum absolute atomic E-state index is 12.7. The molecule has 3 rings (SSSR count). The molecule has 1 heterocycles. The summed E-state index contributed by atoms with van der Waals surface area (Å²) in [6.45, 7) is 5.47. The number of quaternary nitrogens is 1. The molecule has 1 saturated heterocycles. The molecule has 2 aromatic carbocycles. The smallest absolute Gasteiger partial charge is 0.279 e. The number of amides is 1. The van der Waals surface area contributed by atoms with Crippen molar-refractivity contribution in [3.8, 4) is 11.5 Å². The second-order valence-corrected chi connectivity index (χ2v) is 7.25. The van der Waals surface area contributed by atoms with Crippen molar-refractivity contribution in [2.45, 2.75) is 32.7 Å². The predicted octanol–water partition coefficient (Wildman–Crippen LogP) is 2.68. The highest BCUT2D eigenvalue weighted by molar-refractivity contribution is 5.92. The van der Waals surface area contributed by atoms with Crippen molar-refractivity contribution < 1.29 is 19.2 Å². The zero-order chi connectivity index (χ0) is 19.4. The van der Waals surface area contributed by atoms with Crippen LogP contribution in [0.4, 0.5) is 5.69 Å².